The molecule has 1 unspecified atom stereocenters. The van der Waals surface area contributed by atoms with Crippen LogP contribution in [0.25, 0.3) is 11.0 Å². The van der Waals surface area contributed by atoms with Crippen molar-refractivity contribution in [3.8, 4) is 0 Å². The third kappa shape index (κ3) is 4.91. The zero-order chi connectivity index (χ0) is 22.5. The first kappa shape index (κ1) is 21.4. The lowest BCUT2D eigenvalue weighted by atomic mass is 10.1. The van der Waals surface area contributed by atoms with Gasteiger partial charge >= 0.3 is 0 Å². The Morgan fingerprint density at radius 3 is 2.53 bits per heavy atom. The molecule has 0 saturated carbocycles. The summed E-state index contributed by atoms with van der Waals surface area (Å²) < 4.78 is 15.3. The van der Waals surface area contributed by atoms with Crippen molar-refractivity contribution in [1.82, 2.24) is 14.9 Å². The van der Waals surface area contributed by atoms with Gasteiger partial charge in [0.2, 0.25) is 11.7 Å². The average molecular weight is 429 g/mol. The van der Waals surface area contributed by atoms with Crippen LogP contribution in [-0.4, -0.2) is 27.3 Å². The first-order valence-corrected chi connectivity index (χ1v) is 10.6. The number of rotatable bonds is 8. The summed E-state index contributed by atoms with van der Waals surface area (Å²) in [6.45, 7) is 1.91. The minimum Gasteiger partial charge on any atom is -0.352 e. The molecule has 0 bridgehead atoms. The number of ketones is 1. The molecule has 3 aromatic carbocycles. The summed E-state index contributed by atoms with van der Waals surface area (Å²) in [4.78, 5) is 30.3. The number of fused-ring (bicyclic) bond motifs is 1. The van der Waals surface area contributed by atoms with Crippen molar-refractivity contribution in [2.24, 2.45) is 0 Å². The van der Waals surface area contributed by atoms with E-state index in [-0.39, 0.29) is 29.9 Å². The van der Waals surface area contributed by atoms with Gasteiger partial charge in [0, 0.05) is 11.6 Å². The molecule has 0 radical (unpaired) electrons. The second-order valence-corrected chi connectivity index (χ2v) is 7.84. The van der Waals surface area contributed by atoms with E-state index in [1.807, 2.05) is 43.3 Å². The van der Waals surface area contributed by atoms with E-state index in [0.717, 1.165) is 12.8 Å². The number of aromatic nitrogens is 2. The largest absolute Gasteiger partial charge is 0.352 e. The molecular weight excluding hydrogens is 405 g/mol. The van der Waals surface area contributed by atoms with E-state index < -0.39 is 11.6 Å². The van der Waals surface area contributed by atoms with Crippen molar-refractivity contribution in [3.05, 3.63) is 102 Å². The number of nitrogens with one attached hydrogen (secondary N) is 1. The quantitative estimate of drug-likeness (QED) is 0.418. The fourth-order valence-corrected chi connectivity index (χ4v) is 3.73. The van der Waals surface area contributed by atoms with E-state index in [1.54, 1.807) is 16.7 Å². The lowest BCUT2D eigenvalue weighted by molar-refractivity contribution is -0.122. The standard InChI is InChI=1S/C26H24FN3O2/c1-18(14-15-19-8-3-2-4-9-19)28-24(31)17-30-23-13-6-5-12-22(23)29-26(30)25(32)20-10-7-11-21(27)16-20/h2-13,16,18H,14-15,17H2,1H3,(H,28,31). The Hall–Kier alpha value is -3.80. The summed E-state index contributed by atoms with van der Waals surface area (Å²) in [5.41, 5.74) is 2.70. The molecule has 4 rings (SSSR count). The van der Waals surface area contributed by atoms with Crippen LogP contribution in [0.1, 0.15) is 35.1 Å². The molecule has 0 aliphatic rings. The Bertz CT molecular complexity index is 1250. The number of halogens is 1. The average Bonchev–Trinajstić information content (AvgIpc) is 3.16. The van der Waals surface area contributed by atoms with Gasteiger partial charge in [-0.2, -0.15) is 0 Å². The SMILES string of the molecule is CC(CCc1ccccc1)NC(=O)Cn1c(C(=O)c2cccc(F)c2)nc2ccccc21. The number of carbonyl (C=O) groups is 2. The Balaban J connectivity index is 1.52. The molecule has 162 valence electrons. The summed E-state index contributed by atoms with van der Waals surface area (Å²) in [5, 5.41) is 3.01. The van der Waals surface area contributed by atoms with Crippen molar-refractivity contribution in [1.29, 1.82) is 0 Å². The zero-order valence-electron chi connectivity index (χ0n) is 17.8. The maximum atomic E-state index is 13.7. The van der Waals surface area contributed by atoms with Gasteiger partial charge in [0.25, 0.3) is 0 Å². The van der Waals surface area contributed by atoms with Crippen LogP contribution in [0.5, 0.6) is 0 Å². The third-order valence-electron chi connectivity index (χ3n) is 5.36. The minimum absolute atomic E-state index is 0.0279. The van der Waals surface area contributed by atoms with Gasteiger partial charge < -0.3 is 9.88 Å². The lowest BCUT2D eigenvalue weighted by Gasteiger charge is -2.15. The molecule has 0 saturated heterocycles. The molecule has 1 heterocycles. The number of hydrogen-bond acceptors (Lipinski definition) is 3. The number of imidazole rings is 1. The predicted octanol–water partition coefficient (Wildman–Crippen LogP) is 4.54. The Labute approximate surface area is 185 Å². The topological polar surface area (TPSA) is 64.0 Å². The van der Waals surface area contributed by atoms with Gasteiger partial charge in [-0.15, -0.1) is 0 Å². The van der Waals surface area contributed by atoms with Crippen LogP contribution < -0.4 is 5.32 Å². The van der Waals surface area contributed by atoms with Crippen LogP contribution in [0.3, 0.4) is 0 Å². The molecule has 32 heavy (non-hydrogen) atoms. The summed E-state index contributed by atoms with van der Waals surface area (Å²) in [6.07, 6.45) is 1.66. The Morgan fingerprint density at radius 2 is 1.75 bits per heavy atom. The Morgan fingerprint density at radius 1 is 1.00 bits per heavy atom. The summed E-state index contributed by atoms with van der Waals surface area (Å²) in [6, 6.07) is 22.8. The molecule has 6 heteroatoms. The maximum absolute atomic E-state index is 13.7. The molecule has 4 aromatic rings. The number of hydrogen-bond donors (Lipinski definition) is 1. The minimum atomic E-state index is -0.497. The monoisotopic (exact) mass is 429 g/mol. The van der Waals surface area contributed by atoms with Crippen molar-refractivity contribution in [2.45, 2.75) is 32.4 Å². The molecule has 0 aliphatic heterocycles. The van der Waals surface area contributed by atoms with Crippen LogP contribution in [0.2, 0.25) is 0 Å². The van der Waals surface area contributed by atoms with Gasteiger partial charge in [0.05, 0.1) is 11.0 Å². The molecule has 1 amide bonds. The molecule has 0 aliphatic carbocycles. The number of amides is 1. The van der Waals surface area contributed by atoms with Gasteiger partial charge in [-0.05, 0) is 49.6 Å². The summed E-state index contributed by atoms with van der Waals surface area (Å²) >= 11 is 0. The molecule has 5 nitrogen and oxygen atoms in total. The molecule has 0 fully saturated rings. The van der Waals surface area contributed by atoms with E-state index in [4.69, 9.17) is 0 Å². The van der Waals surface area contributed by atoms with Crippen molar-refractivity contribution in [2.75, 3.05) is 0 Å². The predicted molar refractivity (Wildman–Crippen MR) is 122 cm³/mol. The third-order valence-corrected chi connectivity index (χ3v) is 5.36. The van der Waals surface area contributed by atoms with Gasteiger partial charge in [0.1, 0.15) is 12.4 Å². The summed E-state index contributed by atoms with van der Waals surface area (Å²) in [7, 11) is 0. The van der Waals surface area contributed by atoms with Crippen LogP contribution in [0, 0.1) is 5.82 Å². The highest BCUT2D eigenvalue weighted by Crippen LogP contribution is 2.19. The number of para-hydroxylation sites is 2. The van der Waals surface area contributed by atoms with E-state index in [1.165, 1.54) is 23.8 Å². The van der Waals surface area contributed by atoms with Gasteiger partial charge in [-0.25, -0.2) is 9.37 Å². The highest BCUT2D eigenvalue weighted by atomic mass is 19.1. The number of carbonyl (C=O) groups excluding carboxylic acids is 2. The number of nitrogens with zero attached hydrogens (tertiary/aromatic N) is 2. The molecule has 1 N–H and O–H groups in total. The fourth-order valence-electron chi connectivity index (χ4n) is 3.73. The van der Waals surface area contributed by atoms with E-state index in [9.17, 15) is 14.0 Å². The number of aryl methyl sites for hydroxylation is 1. The normalized spacial score (nSPS) is 11.9. The van der Waals surface area contributed by atoms with Crippen LogP contribution in [0.4, 0.5) is 4.39 Å². The first-order valence-electron chi connectivity index (χ1n) is 10.6. The van der Waals surface area contributed by atoms with E-state index >= 15 is 0 Å². The highest BCUT2D eigenvalue weighted by Gasteiger charge is 2.21. The second-order valence-electron chi connectivity index (χ2n) is 7.84. The van der Waals surface area contributed by atoms with Crippen LogP contribution in [0.15, 0.2) is 78.9 Å². The molecule has 1 atom stereocenters. The maximum Gasteiger partial charge on any atom is 0.240 e. The lowest BCUT2D eigenvalue weighted by Crippen LogP contribution is -2.36. The smallest absolute Gasteiger partial charge is 0.240 e. The van der Waals surface area contributed by atoms with Crippen molar-refractivity contribution >= 4 is 22.7 Å². The second kappa shape index (κ2) is 9.56. The van der Waals surface area contributed by atoms with Crippen LogP contribution in [-0.2, 0) is 17.8 Å². The van der Waals surface area contributed by atoms with Gasteiger partial charge in [-0.1, -0.05) is 54.6 Å². The van der Waals surface area contributed by atoms with Crippen molar-refractivity contribution in [3.63, 3.8) is 0 Å². The van der Waals surface area contributed by atoms with Gasteiger partial charge in [0.15, 0.2) is 5.82 Å². The highest BCUT2D eigenvalue weighted by molar-refractivity contribution is 6.08. The summed E-state index contributed by atoms with van der Waals surface area (Å²) in [5.74, 6) is -1.01. The Kier molecular flexibility index (Phi) is 6.40. The fraction of sp³-hybridized carbons (Fsp3) is 0.192. The molecule has 1 aromatic heterocycles. The van der Waals surface area contributed by atoms with E-state index in [2.05, 4.69) is 22.4 Å². The first-order chi connectivity index (χ1) is 15.5. The van der Waals surface area contributed by atoms with Crippen molar-refractivity contribution < 1.29 is 14.0 Å². The zero-order valence-corrected chi connectivity index (χ0v) is 17.8. The van der Waals surface area contributed by atoms with E-state index in [0.29, 0.717) is 11.0 Å². The number of benzene rings is 3. The van der Waals surface area contributed by atoms with Gasteiger partial charge in [-0.3, -0.25) is 9.59 Å². The molecular formula is C26H24FN3O2. The molecule has 0 spiro atoms. The van der Waals surface area contributed by atoms with Crippen LogP contribution >= 0.6 is 0 Å².